The summed E-state index contributed by atoms with van der Waals surface area (Å²) in [5.41, 5.74) is 0.0257. The van der Waals surface area contributed by atoms with Crippen molar-refractivity contribution >= 4 is 23.0 Å². The Morgan fingerprint density at radius 3 is 2.24 bits per heavy atom. The summed E-state index contributed by atoms with van der Waals surface area (Å²) in [6.07, 6.45) is -2.44. The van der Waals surface area contributed by atoms with Crippen molar-refractivity contribution < 1.29 is 41.3 Å². The Kier molecular flexibility index (Phi) is 7.43. The van der Waals surface area contributed by atoms with E-state index in [1.807, 2.05) is 0 Å². The zero-order valence-electron chi connectivity index (χ0n) is 20.4. The van der Waals surface area contributed by atoms with Crippen molar-refractivity contribution in [3.8, 4) is 28.7 Å². The van der Waals surface area contributed by atoms with E-state index in [9.17, 15) is 22.8 Å². The number of fused-ring (bicyclic) bond motifs is 1. The number of carbonyl (C=O) groups is 1. The zero-order valence-corrected chi connectivity index (χ0v) is 20.4. The number of benzene rings is 3. The molecule has 196 valence electrons. The van der Waals surface area contributed by atoms with E-state index in [0.717, 1.165) is 17.7 Å². The van der Waals surface area contributed by atoms with Crippen molar-refractivity contribution in [3.63, 3.8) is 0 Å². The van der Waals surface area contributed by atoms with Crippen molar-refractivity contribution in [2.75, 3.05) is 14.2 Å². The SMILES string of the molecule is COc1ccc(/C=C/C(=O)Oc2ccc3c(=O)c(Oc4ccc(C)cc4)c(C(F)(F)F)oc3c2)cc1OC. The van der Waals surface area contributed by atoms with Gasteiger partial charge in [-0.05, 0) is 55.0 Å². The number of hydrogen-bond acceptors (Lipinski definition) is 7. The molecule has 0 radical (unpaired) electrons. The average Bonchev–Trinajstić information content (AvgIpc) is 2.89. The minimum Gasteiger partial charge on any atom is -0.493 e. The Hall–Kier alpha value is -4.73. The number of halogens is 3. The van der Waals surface area contributed by atoms with E-state index in [1.165, 1.54) is 44.6 Å². The van der Waals surface area contributed by atoms with E-state index >= 15 is 0 Å². The van der Waals surface area contributed by atoms with Crippen LogP contribution in [0.15, 0.2) is 76.0 Å². The molecule has 0 amide bonds. The van der Waals surface area contributed by atoms with Crippen molar-refractivity contribution in [2.24, 2.45) is 0 Å². The predicted octanol–water partition coefficient (Wildman–Crippen LogP) is 6.55. The van der Waals surface area contributed by atoms with Gasteiger partial charge < -0.3 is 23.4 Å². The van der Waals surface area contributed by atoms with E-state index in [2.05, 4.69) is 0 Å². The van der Waals surface area contributed by atoms with Gasteiger partial charge in [-0.1, -0.05) is 23.8 Å². The van der Waals surface area contributed by atoms with Gasteiger partial charge in [0.2, 0.25) is 11.2 Å². The van der Waals surface area contributed by atoms with Gasteiger partial charge in [0, 0.05) is 12.1 Å². The zero-order chi connectivity index (χ0) is 27.4. The van der Waals surface area contributed by atoms with Gasteiger partial charge in [-0.15, -0.1) is 0 Å². The van der Waals surface area contributed by atoms with Crippen LogP contribution >= 0.6 is 0 Å². The first-order chi connectivity index (χ1) is 18.1. The van der Waals surface area contributed by atoms with E-state index in [1.54, 1.807) is 37.3 Å². The lowest BCUT2D eigenvalue weighted by atomic mass is 10.2. The summed E-state index contributed by atoms with van der Waals surface area (Å²) in [6, 6.07) is 14.6. The normalized spacial score (nSPS) is 11.5. The number of hydrogen-bond donors (Lipinski definition) is 0. The molecule has 0 saturated carbocycles. The van der Waals surface area contributed by atoms with E-state index in [4.69, 9.17) is 23.4 Å². The third-order valence-corrected chi connectivity index (χ3v) is 5.36. The number of alkyl halides is 3. The van der Waals surface area contributed by atoms with Crippen molar-refractivity contribution in [2.45, 2.75) is 13.1 Å². The third-order valence-electron chi connectivity index (χ3n) is 5.36. The summed E-state index contributed by atoms with van der Waals surface area (Å²) in [5.74, 6) is -2.52. The quantitative estimate of drug-likeness (QED) is 0.153. The number of methoxy groups -OCH3 is 2. The van der Waals surface area contributed by atoms with Crippen LogP contribution in [0.4, 0.5) is 13.2 Å². The van der Waals surface area contributed by atoms with Crippen molar-refractivity contribution in [1.29, 1.82) is 0 Å². The van der Waals surface area contributed by atoms with Gasteiger partial charge in [0.25, 0.3) is 5.76 Å². The first-order valence-electron chi connectivity index (χ1n) is 11.1. The van der Waals surface area contributed by atoms with Gasteiger partial charge in [0.05, 0.1) is 19.6 Å². The lowest BCUT2D eigenvalue weighted by molar-refractivity contribution is -0.154. The molecule has 1 aromatic heterocycles. The predicted molar refractivity (Wildman–Crippen MR) is 133 cm³/mol. The highest BCUT2D eigenvalue weighted by Crippen LogP contribution is 2.38. The maximum absolute atomic E-state index is 13.8. The van der Waals surface area contributed by atoms with E-state index in [-0.39, 0.29) is 16.9 Å². The second-order valence-corrected chi connectivity index (χ2v) is 8.03. The summed E-state index contributed by atoms with van der Waals surface area (Å²) < 4.78 is 67.2. The summed E-state index contributed by atoms with van der Waals surface area (Å²) in [7, 11) is 2.96. The fourth-order valence-corrected chi connectivity index (χ4v) is 3.49. The topological polar surface area (TPSA) is 84.2 Å². The van der Waals surface area contributed by atoms with Gasteiger partial charge in [0.15, 0.2) is 11.5 Å². The Bertz CT molecular complexity index is 1570. The van der Waals surface area contributed by atoms with Crippen molar-refractivity contribution in [3.05, 3.63) is 93.9 Å². The van der Waals surface area contributed by atoms with E-state index < -0.39 is 34.7 Å². The molecule has 0 saturated heterocycles. The number of carbonyl (C=O) groups excluding carboxylic acids is 1. The molecule has 0 spiro atoms. The monoisotopic (exact) mass is 526 g/mol. The molecule has 38 heavy (non-hydrogen) atoms. The first-order valence-corrected chi connectivity index (χ1v) is 11.1. The smallest absolute Gasteiger partial charge is 0.453 e. The third kappa shape index (κ3) is 5.80. The summed E-state index contributed by atoms with van der Waals surface area (Å²) in [4.78, 5) is 25.3. The largest absolute Gasteiger partial charge is 0.493 e. The molecule has 0 atom stereocenters. The van der Waals surface area contributed by atoms with Gasteiger partial charge in [0.1, 0.15) is 17.1 Å². The van der Waals surface area contributed by atoms with Crippen LogP contribution < -0.4 is 24.4 Å². The Balaban J connectivity index is 1.62. The molecule has 0 N–H and O–H groups in total. The highest BCUT2D eigenvalue weighted by Gasteiger charge is 2.40. The molecule has 4 rings (SSSR count). The lowest BCUT2D eigenvalue weighted by Gasteiger charge is -2.13. The Morgan fingerprint density at radius 1 is 0.895 bits per heavy atom. The number of aryl methyl sites for hydroxylation is 1. The van der Waals surface area contributed by atoms with Crippen LogP contribution in [-0.2, 0) is 11.0 Å². The molecule has 0 fully saturated rings. The molecule has 0 unspecified atom stereocenters. The molecule has 3 aromatic carbocycles. The molecule has 10 heteroatoms. The standard InChI is InChI=1S/C28H21F3O7/c1-16-4-8-18(9-5-16)37-26-25(33)20-11-10-19(15-22(20)38-27(26)28(29,30)31)36-24(32)13-7-17-6-12-21(34-2)23(14-17)35-3/h4-15H,1-3H3/b13-7+. The number of ether oxygens (including phenoxy) is 4. The maximum Gasteiger partial charge on any atom is 0.453 e. The molecule has 7 nitrogen and oxygen atoms in total. The van der Waals surface area contributed by atoms with Gasteiger partial charge in [-0.25, -0.2) is 4.79 Å². The average molecular weight is 526 g/mol. The van der Waals surface area contributed by atoms with Gasteiger partial charge in [-0.2, -0.15) is 13.2 Å². The maximum atomic E-state index is 13.8. The van der Waals surface area contributed by atoms with Crippen molar-refractivity contribution in [1.82, 2.24) is 0 Å². The minimum atomic E-state index is -5.03. The van der Waals surface area contributed by atoms with Crippen LogP contribution in [0.3, 0.4) is 0 Å². The number of rotatable bonds is 7. The minimum absolute atomic E-state index is 0.0413. The second-order valence-electron chi connectivity index (χ2n) is 8.03. The summed E-state index contributed by atoms with van der Waals surface area (Å²) in [6.45, 7) is 1.80. The molecule has 0 aliphatic rings. The van der Waals surface area contributed by atoms with Crippen LogP contribution in [0, 0.1) is 6.92 Å². The first kappa shape index (κ1) is 26.3. The van der Waals surface area contributed by atoms with E-state index in [0.29, 0.717) is 17.1 Å². The van der Waals surface area contributed by atoms with Crippen LogP contribution in [0.5, 0.6) is 28.7 Å². The highest BCUT2D eigenvalue weighted by atomic mass is 19.4. The van der Waals surface area contributed by atoms with Gasteiger partial charge >= 0.3 is 12.1 Å². The molecule has 0 aliphatic heterocycles. The molecule has 4 aromatic rings. The molecule has 0 aliphatic carbocycles. The lowest BCUT2D eigenvalue weighted by Crippen LogP contribution is -2.15. The summed E-state index contributed by atoms with van der Waals surface area (Å²) in [5, 5.41) is -0.180. The van der Waals surface area contributed by atoms with Crippen LogP contribution in [0.25, 0.3) is 17.0 Å². The highest BCUT2D eigenvalue weighted by molar-refractivity contribution is 5.89. The van der Waals surface area contributed by atoms with Crippen LogP contribution in [0.1, 0.15) is 16.9 Å². The molecular formula is C28H21F3O7. The Morgan fingerprint density at radius 2 is 1.58 bits per heavy atom. The fraction of sp³-hybridized carbons (Fsp3) is 0.143. The van der Waals surface area contributed by atoms with Crippen LogP contribution in [0.2, 0.25) is 0 Å². The molecule has 1 heterocycles. The second kappa shape index (κ2) is 10.7. The fourth-order valence-electron chi connectivity index (χ4n) is 3.49. The number of esters is 1. The molecular weight excluding hydrogens is 505 g/mol. The Labute approximate surface area is 214 Å². The molecule has 0 bridgehead atoms. The van der Waals surface area contributed by atoms with Gasteiger partial charge in [-0.3, -0.25) is 4.79 Å². The van der Waals surface area contributed by atoms with Crippen LogP contribution in [-0.4, -0.2) is 20.2 Å². The summed E-state index contributed by atoms with van der Waals surface area (Å²) >= 11 is 0.